The van der Waals surface area contributed by atoms with Crippen LogP contribution in [0.2, 0.25) is 0 Å². The Bertz CT molecular complexity index is 1050. The van der Waals surface area contributed by atoms with Crippen LogP contribution in [0.1, 0.15) is 13.8 Å². The molecule has 0 bridgehead atoms. The topological polar surface area (TPSA) is 116 Å². The number of aliphatic hydroxyl groups is 1. The van der Waals surface area contributed by atoms with E-state index in [2.05, 4.69) is 5.32 Å². The molecule has 1 saturated heterocycles. The predicted octanol–water partition coefficient (Wildman–Crippen LogP) is 1.58. The Kier molecular flexibility index (Phi) is 6.23. The zero-order valence-electron chi connectivity index (χ0n) is 17.5. The number of nitrogens with zero attached hydrogens (tertiary/aromatic N) is 2. The van der Waals surface area contributed by atoms with Crippen molar-refractivity contribution in [2.24, 2.45) is 0 Å². The summed E-state index contributed by atoms with van der Waals surface area (Å²) in [6.07, 6.45) is -1.32. The van der Waals surface area contributed by atoms with Crippen molar-refractivity contribution in [3.63, 3.8) is 0 Å². The number of ether oxygens (including phenoxy) is 1. The van der Waals surface area contributed by atoms with E-state index in [4.69, 9.17) is 4.74 Å². The third kappa shape index (κ3) is 4.64. The van der Waals surface area contributed by atoms with Gasteiger partial charge in [-0.3, -0.25) is 14.0 Å². The van der Waals surface area contributed by atoms with Crippen LogP contribution >= 0.6 is 0 Å². The van der Waals surface area contributed by atoms with Gasteiger partial charge < -0.3 is 15.2 Å². The molecule has 166 valence electrons. The lowest BCUT2D eigenvalue weighted by Crippen LogP contribution is -2.45. The molecule has 2 N–H and O–H groups in total. The van der Waals surface area contributed by atoms with E-state index in [9.17, 15) is 23.1 Å². The molecule has 1 aliphatic heterocycles. The van der Waals surface area contributed by atoms with Crippen LogP contribution < -0.4 is 14.4 Å². The Balaban J connectivity index is 1.89. The molecule has 1 unspecified atom stereocenters. The van der Waals surface area contributed by atoms with Crippen LogP contribution in [0.5, 0.6) is 5.75 Å². The molecular weight excluding hydrogens is 422 g/mol. The lowest BCUT2D eigenvalue weighted by molar-refractivity contribution is -0.131. The smallest absolute Gasteiger partial charge is 0.325 e. The fourth-order valence-electron chi connectivity index (χ4n) is 3.25. The van der Waals surface area contributed by atoms with Gasteiger partial charge >= 0.3 is 6.03 Å². The molecule has 0 radical (unpaired) electrons. The molecular formula is C21H25N3O6S. The molecule has 2 aromatic carbocycles. The van der Waals surface area contributed by atoms with Crippen molar-refractivity contribution >= 4 is 27.6 Å². The fraction of sp³-hybridized carbons (Fsp3) is 0.333. The lowest BCUT2D eigenvalue weighted by Gasteiger charge is -2.28. The Hall–Kier alpha value is -3.11. The second-order valence-corrected chi connectivity index (χ2v) is 9.53. The van der Waals surface area contributed by atoms with Gasteiger partial charge in [0.05, 0.1) is 36.9 Å². The first kappa shape index (κ1) is 22.6. The number of sulfonamides is 1. The summed E-state index contributed by atoms with van der Waals surface area (Å²) in [5.41, 5.74) is -0.774. The zero-order chi connectivity index (χ0) is 22.8. The number of anilines is 1. The van der Waals surface area contributed by atoms with E-state index < -0.39 is 33.6 Å². The largest absolute Gasteiger partial charge is 0.497 e. The summed E-state index contributed by atoms with van der Waals surface area (Å²) in [4.78, 5) is 25.5. The van der Waals surface area contributed by atoms with Gasteiger partial charge in [0.2, 0.25) is 0 Å². The lowest BCUT2D eigenvalue weighted by atomic mass is 10.1. The van der Waals surface area contributed by atoms with Crippen LogP contribution in [0.3, 0.4) is 0 Å². The molecule has 2 aromatic rings. The Labute approximate surface area is 181 Å². The van der Waals surface area contributed by atoms with E-state index in [-0.39, 0.29) is 18.0 Å². The van der Waals surface area contributed by atoms with E-state index in [1.807, 2.05) is 0 Å². The second-order valence-electron chi connectivity index (χ2n) is 7.67. The van der Waals surface area contributed by atoms with Crippen molar-refractivity contribution < 1.29 is 27.9 Å². The fourth-order valence-corrected chi connectivity index (χ4v) is 4.78. The monoisotopic (exact) mass is 447 g/mol. The normalized spacial score (nSPS) is 16.7. The number of aliphatic hydroxyl groups excluding tert-OH is 1. The number of hydrogen-bond acceptors (Lipinski definition) is 6. The number of β-amino-alcohol motifs (C(OH)–C–C–N with tert-alkyl or cyclic N) is 1. The zero-order valence-corrected chi connectivity index (χ0v) is 18.3. The molecule has 1 fully saturated rings. The van der Waals surface area contributed by atoms with Crippen LogP contribution in [0.25, 0.3) is 0 Å². The summed E-state index contributed by atoms with van der Waals surface area (Å²) >= 11 is 0. The van der Waals surface area contributed by atoms with Gasteiger partial charge in [-0.05, 0) is 50.2 Å². The second kappa shape index (κ2) is 8.56. The summed E-state index contributed by atoms with van der Waals surface area (Å²) in [7, 11) is -2.53. The molecule has 10 heteroatoms. The van der Waals surface area contributed by atoms with Gasteiger partial charge in [-0.1, -0.05) is 18.2 Å². The molecule has 0 aliphatic carbocycles. The summed E-state index contributed by atoms with van der Waals surface area (Å²) in [6.45, 7) is 2.42. The molecule has 0 spiro atoms. The number of amides is 3. The van der Waals surface area contributed by atoms with Gasteiger partial charge in [0.1, 0.15) is 11.3 Å². The Morgan fingerprint density at radius 2 is 1.71 bits per heavy atom. The number of methoxy groups -OCH3 is 1. The van der Waals surface area contributed by atoms with Gasteiger partial charge in [0, 0.05) is 0 Å². The van der Waals surface area contributed by atoms with Crippen LogP contribution in [0.15, 0.2) is 59.5 Å². The number of carbonyl (C=O) groups excluding carboxylic acids is 2. The quantitative estimate of drug-likeness (QED) is 0.594. The van der Waals surface area contributed by atoms with Gasteiger partial charge in [-0.15, -0.1) is 0 Å². The van der Waals surface area contributed by atoms with Crippen molar-refractivity contribution in [1.29, 1.82) is 0 Å². The van der Waals surface area contributed by atoms with Gasteiger partial charge in [-0.25, -0.2) is 13.2 Å². The Morgan fingerprint density at radius 3 is 2.23 bits per heavy atom. The van der Waals surface area contributed by atoms with E-state index in [0.29, 0.717) is 11.4 Å². The molecule has 1 aliphatic rings. The van der Waals surface area contributed by atoms with Crippen molar-refractivity contribution in [1.82, 2.24) is 10.2 Å². The minimum atomic E-state index is -4.02. The molecule has 3 amide bonds. The first-order valence-electron chi connectivity index (χ1n) is 9.60. The van der Waals surface area contributed by atoms with Gasteiger partial charge in [0.25, 0.3) is 15.9 Å². The van der Waals surface area contributed by atoms with E-state index in [1.54, 1.807) is 56.3 Å². The molecule has 31 heavy (non-hydrogen) atoms. The maximum absolute atomic E-state index is 13.3. The minimum absolute atomic E-state index is 0.0501. The number of benzene rings is 2. The molecule has 0 aromatic heterocycles. The van der Waals surface area contributed by atoms with Gasteiger partial charge in [0.15, 0.2) is 0 Å². The molecule has 3 rings (SSSR count). The Morgan fingerprint density at radius 1 is 1.10 bits per heavy atom. The van der Waals surface area contributed by atoms with Crippen molar-refractivity contribution in [2.45, 2.75) is 30.4 Å². The molecule has 9 nitrogen and oxygen atoms in total. The number of nitrogens with one attached hydrogen (secondary N) is 1. The number of carbonyl (C=O) groups is 2. The van der Waals surface area contributed by atoms with Crippen LogP contribution in [0, 0.1) is 0 Å². The van der Waals surface area contributed by atoms with Crippen LogP contribution in [-0.4, -0.2) is 62.2 Å². The molecule has 1 heterocycles. The van der Waals surface area contributed by atoms with Crippen LogP contribution in [0.4, 0.5) is 10.5 Å². The van der Waals surface area contributed by atoms with Crippen molar-refractivity contribution in [2.75, 3.05) is 24.5 Å². The third-order valence-corrected chi connectivity index (χ3v) is 6.71. The molecule has 1 atom stereocenters. The number of imide groups is 1. The average Bonchev–Trinajstić information content (AvgIpc) is 2.94. The highest BCUT2D eigenvalue weighted by molar-refractivity contribution is 7.92. The van der Waals surface area contributed by atoms with E-state index in [0.717, 1.165) is 9.21 Å². The maximum Gasteiger partial charge on any atom is 0.325 e. The molecule has 0 saturated carbocycles. The summed E-state index contributed by atoms with van der Waals surface area (Å²) < 4.78 is 32.8. The highest BCUT2D eigenvalue weighted by Crippen LogP contribution is 2.26. The minimum Gasteiger partial charge on any atom is -0.497 e. The maximum atomic E-state index is 13.3. The number of rotatable bonds is 8. The van der Waals surface area contributed by atoms with E-state index in [1.165, 1.54) is 19.2 Å². The third-order valence-electron chi connectivity index (χ3n) is 4.91. The van der Waals surface area contributed by atoms with Crippen molar-refractivity contribution in [3.05, 3.63) is 54.6 Å². The first-order chi connectivity index (χ1) is 14.6. The van der Waals surface area contributed by atoms with Crippen LogP contribution in [-0.2, 0) is 14.8 Å². The average molecular weight is 448 g/mol. The SMILES string of the molecule is COc1ccc(N(CC(O)CN2C(=O)NC(C)(C)C2=O)S(=O)(=O)c2ccccc2)cc1. The summed E-state index contributed by atoms with van der Waals surface area (Å²) in [5, 5.41) is 13.2. The van der Waals surface area contributed by atoms with Gasteiger partial charge in [-0.2, -0.15) is 0 Å². The highest BCUT2D eigenvalue weighted by atomic mass is 32.2. The van der Waals surface area contributed by atoms with Crippen molar-refractivity contribution in [3.8, 4) is 5.75 Å². The first-order valence-corrected chi connectivity index (χ1v) is 11.0. The highest BCUT2D eigenvalue weighted by Gasteiger charge is 2.45. The summed E-state index contributed by atoms with van der Waals surface area (Å²) in [6, 6.07) is 13.5. The summed E-state index contributed by atoms with van der Waals surface area (Å²) in [5.74, 6) is 0.0568. The number of urea groups is 1. The number of hydrogen-bond donors (Lipinski definition) is 2. The standard InChI is InChI=1S/C21H25N3O6S/c1-21(2)19(26)23(20(27)22-21)13-16(25)14-24(15-9-11-17(30-3)12-10-15)31(28,29)18-7-5-4-6-8-18/h4-12,16,25H,13-14H2,1-3H3,(H,22,27). The predicted molar refractivity (Wildman–Crippen MR) is 114 cm³/mol. The van der Waals surface area contributed by atoms with E-state index >= 15 is 0 Å².